The van der Waals surface area contributed by atoms with Crippen LogP contribution in [0.2, 0.25) is 0 Å². The van der Waals surface area contributed by atoms with Crippen LogP contribution in [0.3, 0.4) is 0 Å². The molecule has 1 aliphatic rings. The summed E-state index contributed by atoms with van der Waals surface area (Å²) < 4.78 is 29.3. The average molecular weight is 551 g/mol. The van der Waals surface area contributed by atoms with Gasteiger partial charge in [-0.3, -0.25) is 9.69 Å². The minimum absolute atomic E-state index is 0. The molecule has 2 heterocycles. The molecule has 1 aromatic heterocycles. The number of fused-ring (bicyclic) bond motifs is 1. The quantitative estimate of drug-likeness (QED) is 0.386. The topological polar surface area (TPSA) is 73.8 Å². The smallest absolute Gasteiger partial charge is 0.260 e. The number of likely N-dealkylation sites (N-methyl/N-ethyl adjacent to an activating group) is 1. The van der Waals surface area contributed by atoms with Gasteiger partial charge in [-0.25, -0.2) is 13.4 Å². The highest BCUT2D eigenvalue weighted by molar-refractivity contribution is 7.89. The molecule has 1 atom stereocenters. The van der Waals surface area contributed by atoms with Crippen molar-refractivity contribution in [3.05, 3.63) is 53.6 Å². The number of carbonyl (C=O) groups excluding carboxylic acids is 1. The van der Waals surface area contributed by atoms with Crippen LogP contribution in [-0.4, -0.2) is 68.3 Å². The zero-order valence-electron chi connectivity index (χ0n) is 21.3. The summed E-state index contributed by atoms with van der Waals surface area (Å²) in [4.78, 5) is 22.3. The van der Waals surface area contributed by atoms with Crippen LogP contribution >= 0.6 is 23.7 Å². The van der Waals surface area contributed by atoms with Gasteiger partial charge in [0.15, 0.2) is 5.13 Å². The van der Waals surface area contributed by atoms with Gasteiger partial charge in [0.1, 0.15) is 0 Å². The van der Waals surface area contributed by atoms with Gasteiger partial charge in [-0.05, 0) is 76.2 Å². The molecule has 1 unspecified atom stereocenters. The van der Waals surface area contributed by atoms with E-state index in [-0.39, 0.29) is 29.3 Å². The van der Waals surface area contributed by atoms with Gasteiger partial charge in [0.25, 0.3) is 5.91 Å². The largest absolute Gasteiger partial charge is 0.308 e. The third-order valence-corrected chi connectivity index (χ3v) is 9.62. The number of aromatic nitrogens is 1. The summed E-state index contributed by atoms with van der Waals surface area (Å²) in [6, 6.07) is 12.5. The molecule has 7 nitrogen and oxygen atoms in total. The van der Waals surface area contributed by atoms with Crippen molar-refractivity contribution in [1.82, 2.24) is 14.2 Å². The molecule has 0 bridgehead atoms. The predicted octanol–water partition coefficient (Wildman–Crippen LogP) is 5.19. The van der Waals surface area contributed by atoms with Crippen molar-refractivity contribution in [2.45, 2.75) is 50.5 Å². The molecule has 1 fully saturated rings. The minimum Gasteiger partial charge on any atom is -0.308 e. The van der Waals surface area contributed by atoms with Gasteiger partial charge in [0, 0.05) is 31.2 Å². The Bertz CT molecular complexity index is 1290. The highest BCUT2D eigenvalue weighted by atomic mass is 35.5. The fourth-order valence-electron chi connectivity index (χ4n) is 4.53. The van der Waals surface area contributed by atoms with Crippen molar-refractivity contribution in [2.75, 3.05) is 38.6 Å². The lowest BCUT2D eigenvalue weighted by Gasteiger charge is -2.34. The molecule has 3 aromatic rings. The summed E-state index contributed by atoms with van der Waals surface area (Å²) in [5.74, 6) is -0.183. The zero-order valence-corrected chi connectivity index (χ0v) is 23.8. The van der Waals surface area contributed by atoms with Gasteiger partial charge in [0.05, 0.1) is 15.1 Å². The normalized spacial score (nSPS) is 16.8. The predicted molar refractivity (Wildman–Crippen MR) is 150 cm³/mol. The van der Waals surface area contributed by atoms with E-state index in [1.165, 1.54) is 11.3 Å². The second-order valence-electron chi connectivity index (χ2n) is 9.38. The number of hydrogen-bond acceptors (Lipinski definition) is 6. The number of halogens is 1. The number of thiazole rings is 1. The van der Waals surface area contributed by atoms with E-state index in [0.29, 0.717) is 30.3 Å². The lowest BCUT2D eigenvalue weighted by molar-refractivity contribution is 0.0985. The second-order valence-corrected chi connectivity index (χ2v) is 12.3. The lowest BCUT2D eigenvalue weighted by Crippen LogP contribution is -2.43. The van der Waals surface area contributed by atoms with E-state index in [1.807, 2.05) is 51.0 Å². The molecule has 10 heteroatoms. The van der Waals surface area contributed by atoms with Crippen molar-refractivity contribution in [3.8, 4) is 0 Å². The number of rotatable bonds is 8. The highest BCUT2D eigenvalue weighted by Crippen LogP contribution is 2.32. The third-order valence-electron chi connectivity index (χ3n) is 6.61. The van der Waals surface area contributed by atoms with Gasteiger partial charge in [-0.1, -0.05) is 36.8 Å². The van der Waals surface area contributed by atoms with E-state index < -0.39 is 10.0 Å². The molecule has 196 valence electrons. The molecule has 4 rings (SSSR count). The van der Waals surface area contributed by atoms with Gasteiger partial charge in [-0.2, -0.15) is 4.31 Å². The highest BCUT2D eigenvalue weighted by Gasteiger charge is 2.32. The minimum atomic E-state index is -3.59. The summed E-state index contributed by atoms with van der Waals surface area (Å²) in [5.41, 5.74) is 2.43. The van der Waals surface area contributed by atoms with Crippen LogP contribution < -0.4 is 4.90 Å². The van der Waals surface area contributed by atoms with Crippen molar-refractivity contribution in [1.29, 1.82) is 0 Å². The van der Waals surface area contributed by atoms with Crippen LogP contribution in [0.25, 0.3) is 10.2 Å². The Morgan fingerprint density at radius 1 is 1.11 bits per heavy atom. The average Bonchev–Trinajstić information content (AvgIpc) is 3.29. The number of nitrogens with zero attached hydrogens (tertiary/aromatic N) is 4. The Morgan fingerprint density at radius 2 is 1.83 bits per heavy atom. The molecule has 0 spiro atoms. The molecule has 0 aliphatic carbocycles. The van der Waals surface area contributed by atoms with Gasteiger partial charge >= 0.3 is 0 Å². The molecule has 0 N–H and O–H groups in total. The van der Waals surface area contributed by atoms with Crippen molar-refractivity contribution in [3.63, 3.8) is 0 Å². The molecule has 36 heavy (non-hydrogen) atoms. The monoisotopic (exact) mass is 550 g/mol. The summed E-state index contributed by atoms with van der Waals surface area (Å²) in [6.07, 6.45) is 3.65. The Balaban J connectivity index is 0.00000361. The van der Waals surface area contributed by atoms with Crippen LogP contribution in [0.5, 0.6) is 0 Å². The number of piperidine rings is 1. The molecular weight excluding hydrogens is 516 g/mol. The van der Waals surface area contributed by atoms with Gasteiger partial charge in [-0.15, -0.1) is 12.4 Å². The maximum absolute atomic E-state index is 13.6. The second kappa shape index (κ2) is 12.0. The van der Waals surface area contributed by atoms with E-state index in [2.05, 4.69) is 0 Å². The summed E-state index contributed by atoms with van der Waals surface area (Å²) >= 11 is 1.50. The Labute approximate surface area is 224 Å². The van der Waals surface area contributed by atoms with Crippen LogP contribution in [0.15, 0.2) is 47.4 Å². The third kappa shape index (κ3) is 5.92. The molecule has 0 radical (unpaired) electrons. The number of hydrogen-bond donors (Lipinski definition) is 0. The van der Waals surface area contributed by atoms with Crippen LogP contribution in [-0.2, 0) is 10.0 Å². The molecule has 1 saturated heterocycles. The lowest BCUT2D eigenvalue weighted by atomic mass is 10.0. The van der Waals surface area contributed by atoms with E-state index in [9.17, 15) is 13.2 Å². The molecular formula is C26H35ClN4O3S2. The van der Waals surface area contributed by atoms with Gasteiger partial charge in [0.2, 0.25) is 10.0 Å². The van der Waals surface area contributed by atoms with E-state index in [0.717, 1.165) is 41.5 Å². The van der Waals surface area contributed by atoms with Crippen molar-refractivity contribution in [2.24, 2.45) is 0 Å². The summed E-state index contributed by atoms with van der Waals surface area (Å²) in [5, 5.41) is 0.650. The van der Waals surface area contributed by atoms with Gasteiger partial charge < -0.3 is 4.90 Å². The number of benzene rings is 2. The summed E-state index contributed by atoms with van der Waals surface area (Å²) in [6.45, 7) is 5.77. The number of anilines is 1. The number of sulfonamides is 1. The fraction of sp³-hybridized carbons (Fsp3) is 0.462. The van der Waals surface area contributed by atoms with Crippen molar-refractivity contribution < 1.29 is 13.2 Å². The molecule has 2 aromatic carbocycles. The van der Waals surface area contributed by atoms with E-state index in [4.69, 9.17) is 4.98 Å². The maximum Gasteiger partial charge on any atom is 0.260 e. The SMILES string of the molecule is CCC1CCCCN1S(=O)(=O)c1ccc(C(=O)N(CCN(C)C)c2nc3c(C)cccc3s2)cc1.Cl. The first kappa shape index (κ1) is 28.5. The van der Waals surface area contributed by atoms with Crippen LogP contribution in [0.1, 0.15) is 48.5 Å². The maximum atomic E-state index is 13.6. The van der Waals surface area contributed by atoms with Crippen LogP contribution in [0, 0.1) is 6.92 Å². The molecule has 0 saturated carbocycles. The molecule has 1 aliphatic heterocycles. The Kier molecular flexibility index (Phi) is 9.51. The number of carbonyl (C=O) groups is 1. The van der Waals surface area contributed by atoms with E-state index >= 15 is 0 Å². The first-order valence-corrected chi connectivity index (χ1v) is 14.4. The number of amides is 1. The van der Waals surface area contributed by atoms with Crippen LogP contribution in [0.4, 0.5) is 5.13 Å². The number of aryl methyl sites for hydroxylation is 1. The van der Waals surface area contributed by atoms with Crippen molar-refractivity contribution >= 4 is 55.0 Å². The zero-order chi connectivity index (χ0) is 25.2. The van der Waals surface area contributed by atoms with E-state index in [1.54, 1.807) is 33.5 Å². The standard InChI is InChI=1S/C26H34N4O3S2.ClH/c1-5-21-10-6-7-16-30(21)35(32,33)22-14-12-20(13-15-22)25(31)29(18-17-28(3)4)26-27-24-19(2)9-8-11-23(24)34-26;/h8-9,11-15,21H,5-7,10,16-18H2,1-4H3;1H. The first-order valence-electron chi connectivity index (χ1n) is 12.2. The Hall–Kier alpha value is -2.04. The number of para-hydroxylation sites is 1. The first-order chi connectivity index (χ1) is 16.7. The molecule has 1 amide bonds. The fourth-order valence-corrected chi connectivity index (χ4v) is 7.37. The Morgan fingerprint density at radius 3 is 2.47 bits per heavy atom. The summed E-state index contributed by atoms with van der Waals surface area (Å²) in [7, 11) is 0.344.